The molecule has 2 aromatic rings. The standard InChI is InChI=1S/C14H11F4N/c1-19-7-8-4-9(15)2-3-11(8)14-12(17)5-10(16)6-13(14)18/h2-6,19H,7H2,1H3. The normalized spacial score (nSPS) is 10.8. The molecular formula is C14H11F4N. The van der Waals surface area contributed by atoms with Crippen LogP contribution in [0.2, 0.25) is 0 Å². The van der Waals surface area contributed by atoms with Crippen LogP contribution in [0.3, 0.4) is 0 Å². The molecule has 1 N–H and O–H groups in total. The second-order valence-electron chi connectivity index (χ2n) is 4.08. The summed E-state index contributed by atoms with van der Waals surface area (Å²) in [6, 6.07) is 4.78. The van der Waals surface area contributed by atoms with Crippen LogP contribution < -0.4 is 5.32 Å². The zero-order chi connectivity index (χ0) is 14.0. The van der Waals surface area contributed by atoms with Crippen molar-refractivity contribution in [3.8, 4) is 11.1 Å². The van der Waals surface area contributed by atoms with Gasteiger partial charge in [0.05, 0.1) is 5.56 Å². The SMILES string of the molecule is CNCc1cc(F)ccc1-c1c(F)cc(F)cc1F. The third-order valence-electron chi connectivity index (χ3n) is 2.71. The van der Waals surface area contributed by atoms with E-state index in [0.29, 0.717) is 17.7 Å². The summed E-state index contributed by atoms with van der Waals surface area (Å²) in [6.45, 7) is 0.239. The van der Waals surface area contributed by atoms with E-state index < -0.39 is 23.3 Å². The van der Waals surface area contributed by atoms with E-state index in [0.717, 1.165) is 6.07 Å². The highest BCUT2D eigenvalue weighted by atomic mass is 19.1. The van der Waals surface area contributed by atoms with Crippen molar-refractivity contribution in [1.82, 2.24) is 5.32 Å². The van der Waals surface area contributed by atoms with Gasteiger partial charge in [0.25, 0.3) is 0 Å². The Bertz CT molecular complexity index is 587. The molecule has 0 fully saturated rings. The number of benzene rings is 2. The van der Waals surface area contributed by atoms with Gasteiger partial charge in [0.15, 0.2) is 0 Å². The van der Waals surface area contributed by atoms with Gasteiger partial charge < -0.3 is 5.32 Å². The topological polar surface area (TPSA) is 12.0 Å². The van der Waals surface area contributed by atoms with E-state index in [2.05, 4.69) is 5.32 Å². The lowest BCUT2D eigenvalue weighted by Gasteiger charge is -2.11. The number of rotatable bonds is 3. The minimum atomic E-state index is -1.01. The fraction of sp³-hybridized carbons (Fsp3) is 0.143. The number of halogens is 4. The maximum Gasteiger partial charge on any atom is 0.136 e. The summed E-state index contributed by atoms with van der Waals surface area (Å²) in [7, 11) is 1.63. The molecule has 0 spiro atoms. The van der Waals surface area contributed by atoms with E-state index in [4.69, 9.17) is 0 Å². The van der Waals surface area contributed by atoms with Gasteiger partial charge in [-0.25, -0.2) is 17.6 Å². The molecule has 5 heteroatoms. The van der Waals surface area contributed by atoms with Crippen molar-refractivity contribution in [2.75, 3.05) is 7.05 Å². The van der Waals surface area contributed by atoms with Gasteiger partial charge in [-0.15, -0.1) is 0 Å². The average Bonchev–Trinajstić information content (AvgIpc) is 2.31. The van der Waals surface area contributed by atoms with Crippen LogP contribution in [-0.2, 0) is 6.54 Å². The fourth-order valence-electron chi connectivity index (χ4n) is 1.94. The summed E-state index contributed by atoms with van der Waals surface area (Å²) >= 11 is 0. The Morgan fingerprint density at radius 3 is 2.11 bits per heavy atom. The van der Waals surface area contributed by atoms with E-state index in [-0.39, 0.29) is 17.7 Å². The van der Waals surface area contributed by atoms with Crippen LogP contribution in [-0.4, -0.2) is 7.05 Å². The van der Waals surface area contributed by atoms with Crippen molar-refractivity contribution in [2.24, 2.45) is 0 Å². The molecule has 0 radical (unpaired) electrons. The highest BCUT2D eigenvalue weighted by Gasteiger charge is 2.16. The van der Waals surface area contributed by atoms with Crippen molar-refractivity contribution in [3.05, 3.63) is 59.2 Å². The zero-order valence-corrected chi connectivity index (χ0v) is 10.1. The Balaban J connectivity index is 2.65. The largest absolute Gasteiger partial charge is 0.316 e. The molecule has 0 unspecified atom stereocenters. The minimum Gasteiger partial charge on any atom is -0.316 e. The molecule has 19 heavy (non-hydrogen) atoms. The molecule has 0 saturated carbocycles. The lowest BCUT2D eigenvalue weighted by atomic mass is 9.98. The van der Waals surface area contributed by atoms with E-state index in [1.807, 2.05) is 0 Å². The van der Waals surface area contributed by atoms with Crippen molar-refractivity contribution < 1.29 is 17.6 Å². The lowest BCUT2D eigenvalue weighted by Crippen LogP contribution is -2.08. The van der Waals surface area contributed by atoms with E-state index in [9.17, 15) is 17.6 Å². The third kappa shape index (κ3) is 2.76. The second-order valence-corrected chi connectivity index (χ2v) is 4.08. The van der Waals surface area contributed by atoms with Crippen LogP contribution in [0, 0.1) is 23.3 Å². The van der Waals surface area contributed by atoms with Crippen molar-refractivity contribution in [3.63, 3.8) is 0 Å². The van der Waals surface area contributed by atoms with Gasteiger partial charge in [-0.3, -0.25) is 0 Å². The molecule has 0 saturated heterocycles. The molecule has 0 amide bonds. The van der Waals surface area contributed by atoms with Gasteiger partial charge in [0, 0.05) is 18.7 Å². The molecule has 0 heterocycles. The lowest BCUT2D eigenvalue weighted by molar-refractivity contribution is 0.547. The van der Waals surface area contributed by atoms with E-state index in [1.54, 1.807) is 7.05 Å². The second kappa shape index (κ2) is 5.40. The van der Waals surface area contributed by atoms with Gasteiger partial charge in [0.2, 0.25) is 0 Å². The maximum atomic E-state index is 13.7. The predicted octanol–water partition coefficient (Wildman–Crippen LogP) is 3.63. The van der Waals surface area contributed by atoms with Crippen LogP contribution in [0.4, 0.5) is 17.6 Å². The van der Waals surface area contributed by atoms with Crippen molar-refractivity contribution in [2.45, 2.75) is 6.54 Å². The molecule has 0 aliphatic heterocycles. The Hall–Kier alpha value is -1.88. The Morgan fingerprint density at radius 1 is 0.895 bits per heavy atom. The summed E-state index contributed by atoms with van der Waals surface area (Å²) in [5.41, 5.74) is 0.240. The van der Waals surface area contributed by atoms with Gasteiger partial charge in [-0.05, 0) is 30.3 Å². The summed E-state index contributed by atoms with van der Waals surface area (Å²) in [5.74, 6) is -3.52. The van der Waals surface area contributed by atoms with Crippen LogP contribution >= 0.6 is 0 Å². The summed E-state index contributed by atoms with van der Waals surface area (Å²) < 4.78 is 53.5. The van der Waals surface area contributed by atoms with Gasteiger partial charge in [-0.2, -0.15) is 0 Å². The fourth-order valence-corrected chi connectivity index (χ4v) is 1.94. The van der Waals surface area contributed by atoms with Crippen LogP contribution in [0.5, 0.6) is 0 Å². The monoisotopic (exact) mass is 269 g/mol. The quantitative estimate of drug-likeness (QED) is 0.839. The first-order chi connectivity index (χ1) is 9.02. The van der Waals surface area contributed by atoms with E-state index in [1.165, 1.54) is 12.1 Å². The third-order valence-corrected chi connectivity index (χ3v) is 2.71. The summed E-state index contributed by atoms with van der Waals surface area (Å²) in [5, 5.41) is 2.79. The average molecular weight is 269 g/mol. The van der Waals surface area contributed by atoms with Crippen LogP contribution in [0.25, 0.3) is 11.1 Å². The molecule has 0 bridgehead atoms. The Morgan fingerprint density at radius 2 is 1.53 bits per heavy atom. The molecular weight excluding hydrogens is 258 g/mol. The molecule has 0 aliphatic carbocycles. The molecule has 1 nitrogen and oxygen atoms in total. The van der Waals surface area contributed by atoms with Crippen LogP contribution in [0.15, 0.2) is 30.3 Å². The van der Waals surface area contributed by atoms with Crippen molar-refractivity contribution >= 4 is 0 Å². The smallest absolute Gasteiger partial charge is 0.136 e. The highest BCUT2D eigenvalue weighted by Crippen LogP contribution is 2.30. The zero-order valence-electron chi connectivity index (χ0n) is 10.1. The Kier molecular flexibility index (Phi) is 3.85. The highest BCUT2D eigenvalue weighted by molar-refractivity contribution is 5.68. The van der Waals surface area contributed by atoms with Crippen molar-refractivity contribution in [1.29, 1.82) is 0 Å². The van der Waals surface area contributed by atoms with E-state index >= 15 is 0 Å². The molecule has 2 rings (SSSR count). The summed E-state index contributed by atoms with van der Waals surface area (Å²) in [4.78, 5) is 0. The van der Waals surface area contributed by atoms with Gasteiger partial charge in [0.1, 0.15) is 23.3 Å². The first-order valence-corrected chi connectivity index (χ1v) is 5.61. The Labute approximate surface area is 107 Å². The molecule has 100 valence electrons. The first-order valence-electron chi connectivity index (χ1n) is 5.61. The summed E-state index contributed by atoms with van der Waals surface area (Å²) in [6.07, 6.45) is 0. The maximum absolute atomic E-state index is 13.7. The first kappa shape index (κ1) is 13.5. The van der Waals surface area contributed by atoms with Crippen LogP contribution in [0.1, 0.15) is 5.56 Å². The number of hydrogen-bond donors (Lipinski definition) is 1. The predicted molar refractivity (Wildman–Crippen MR) is 64.5 cm³/mol. The minimum absolute atomic E-state index is 0.200. The number of nitrogens with one attached hydrogen (secondary N) is 1. The molecule has 0 atom stereocenters. The molecule has 2 aromatic carbocycles. The number of hydrogen-bond acceptors (Lipinski definition) is 1. The van der Waals surface area contributed by atoms with Gasteiger partial charge >= 0.3 is 0 Å². The van der Waals surface area contributed by atoms with Gasteiger partial charge in [-0.1, -0.05) is 6.07 Å². The molecule has 0 aromatic heterocycles. The molecule has 0 aliphatic rings.